The van der Waals surface area contributed by atoms with E-state index in [0.717, 1.165) is 27.1 Å². The number of ether oxygens (including phenoxy) is 1. The highest BCUT2D eigenvalue weighted by Crippen LogP contribution is 2.74. The number of benzene rings is 1. The molecule has 5 atom stereocenters. The maximum Gasteiger partial charge on any atom is 0.184 e. The summed E-state index contributed by atoms with van der Waals surface area (Å²) in [4.78, 5) is 11.9. The Hall–Kier alpha value is -2.68. The number of nitrogens with zero attached hydrogens (tertiary/aromatic N) is 3. The molecule has 176 valence electrons. The molecule has 1 saturated carbocycles. The molecule has 1 spiro atoms. The summed E-state index contributed by atoms with van der Waals surface area (Å²) in [5.74, 6) is 1.46. The van der Waals surface area contributed by atoms with Crippen molar-refractivity contribution in [3.63, 3.8) is 0 Å². The highest BCUT2D eigenvalue weighted by molar-refractivity contribution is 9.10. The van der Waals surface area contributed by atoms with E-state index in [1.807, 2.05) is 64.5 Å². The van der Waals surface area contributed by atoms with Gasteiger partial charge in [-0.05, 0) is 57.8 Å². The lowest BCUT2D eigenvalue weighted by molar-refractivity contribution is -0.0856. The average molecular weight is 523 g/mol. The van der Waals surface area contributed by atoms with Gasteiger partial charge in [0.05, 0.1) is 18.0 Å². The zero-order valence-corrected chi connectivity index (χ0v) is 21.1. The molecule has 6 rings (SSSR count). The van der Waals surface area contributed by atoms with E-state index in [2.05, 4.69) is 43.3 Å². The first kappa shape index (κ1) is 21.8. The minimum Gasteiger partial charge on any atom is -0.478 e. The molecular weight excluding hydrogens is 496 g/mol. The number of nitrogens with one attached hydrogen (secondary N) is 1. The number of aryl methyl sites for hydroxylation is 1. The second-order valence-electron chi connectivity index (χ2n) is 9.83. The van der Waals surface area contributed by atoms with Gasteiger partial charge in [-0.1, -0.05) is 28.1 Å². The Kier molecular flexibility index (Phi) is 4.60. The Morgan fingerprint density at radius 3 is 2.62 bits per heavy atom. The maximum atomic E-state index is 12.7. The minimum atomic E-state index is -1.44. The summed E-state index contributed by atoms with van der Waals surface area (Å²) in [6, 6.07) is 13.9. The van der Waals surface area contributed by atoms with Gasteiger partial charge in [-0.2, -0.15) is 0 Å². The summed E-state index contributed by atoms with van der Waals surface area (Å²) >= 11 is 3.57. The van der Waals surface area contributed by atoms with Crippen LogP contribution in [0.4, 0.5) is 0 Å². The first-order valence-electron chi connectivity index (χ1n) is 11.4. The van der Waals surface area contributed by atoms with Gasteiger partial charge < -0.3 is 24.5 Å². The predicted molar refractivity (Wildman–Crippen MR) is 132 cm³/mol. The lowest BCUT2D eigenvalue weighted by Gasteiger charge is -2.41. The number of fused-ring (bicyclic) bond motifs is 1. The molecule has 1 aliphatic carbocycles. The normalized spacial score (nSPS) is 33.2. The second-order valence-corrected chi connectivity index (χ2v) is 10.7. The minimum absolute atomic E-state index is 0.312. The van der Waals surface area contributed by atoms with E-state index < -0.39 is 16.9 Å². The van der Waals surface area contributed by atoms with Gasteiger partial charge in [-0.25, -0.2) is 0 Å². The molecule has 34 heavy (non-hydrogen) atoms. The van der Waals surface area contributed by atoms with Crippen molar-refractivity contribution in [3.05, 3.63) is 82.0 Å². The number of rotatable bonds is 4. The van der Waals surface area contributed by atoms with Crippen LogP contribution in [0.5, 0.6) is 5.75 Å². The monoisotopic (exact) mass is 522 g/mol. The van der Waals surface area contributed by atoms with Crippen LogP contribution in [-0.4, -0.2) is 47.2 Å². The zero-order valence-electron chi connectivity index (χ0n) is 19.5. The van der Waals surface area contributed by atoms with Crippen LogP contribution in [0.3, 0.4) is 0 Å². The summed E-state index contributed by atoms with van der Waals surface area (Å²) in [7, 11) is 4.02. The fourth-order valence-electron chi connectivity index (χ4n) is 6.52. The highest BCUT2D eigenvalue weighted by atomic mass is 79.9. The van der Waals surface area contributed by atoms with E-state index in [1.165, 1.54) is 0 Å². The van der Waals surface area contributed by atoms with Gasteiger partial charge in [0.2, 0.25) is 0 Å². The maximum absolute atomic E-state index is 12.7. The van der Waals surface area contributed by atoms with Crippen LogP contribution in [-0.2, 0) is 11.1 Å². The van der Waals surface area contributed by atoms with Crippen molar-refractivity contribution in [2.75, 3.05) is 20.6 Å². The van der Waals surface area contributed by atoms with Crippen LogP contribution >= 0.6 is 15.9 Å². The molecule has 2 aliphatic heterocycles. The van der Waals surface area contributed by atoms with Crippen LogP contribution in [0.25, 0.3) is 0 Å². The Labute approximate surface area is 207 Å². The third kappa shape index (κ3) is 2.53. The average Bonchev–Trinajstić information content (AvgIpc) is 3.48. The van der Waals surface area contributed by atoms with E-state index in [1.54, 1.807) is 6.26 Å². The molecule has 3 aliphatic rings. The fourth-order valence-corrected chi connectivity index (χ4v) is 6.78. The number of aliphatic hydroxyl groups is 1. The molecule has 3 aromatic rings. The van der Waals surface area contributed by atoms with E-state index >= 15 is 0 Å². The summed E-state index contributed by atoms with van der Waals surface area (Å²) in [6.45, 7) is 4.43. The van der Waals surface area contributed by atoms with Crippen LogP contribution in [0, 0.1) is 12.8 Å². The van der Waals surface area contributed by atoms with Gasteiger partial charge in [0.25, 0.3) is 0 Å². The lowest BCUT2D eigenvalue weighted by Crippen LogP contribution is -2.61. The number of pyridine rings is 1. The number of furan rings is 1. The molecule has 1 aromatic carbocycles. The molecule has 2 N–H and O–H groups in total. The number of hydrogen-bond acceptors (Lipinski definition) is 7. The Bertz CT molecular complexity index is 1290. The first-order chi connectivity index (χ1) is 16.2. The smallest absolute Gasteiger partial charge is 0.184 e. The van der Waals surface area contributed by atoms with Gasteiger partial charge >= 0.3 is 0 Å². The van der Waals surface area contributed by atoms with Crippen LogP contribution < -0.4 is 10.1 Å². The fraction of sp³-hybridized carbons (Fsp3) is 0.385. The third-order valence-electron chi connectivity index (χ3n) is 7.52. The van der Waals surface area contributed by atoms with Crippen molar-refractivity contribution in [3.8, 4) is 5.75 Å². The van der Waals surface area contributed by atoms with Crippen molar-refractivity contribution < 1.29 is 14.3 Å². The van der Waals surface area contributed by atoms with Crippen molar-refractivity contribution >= 4 is 21.8 Å². The second kappa shape index (κ2) is 7.16. The number of aromatic nitrogens is 1. The number of hydrogen-bond donors (Lipinski definition) is 2. The molecule has 0 saturated heterocycles. The SMILES string of the molecule is CC1=N[C@]23c4cnc(C)cc4O[C@@]2(c2ccc(Br)cc2)[C@H](c2ccco2)[C@@H](CN(C)C)[C@]3(O)N1. The van der Waals surface area contributed by atoms with Crippen molar-refractivity contribution in [2.24, 2.45) is 10.9 Å². The van der Waals surface area contributed by atoms with E-state index in [-0.39, 0.29) is 11.8 Å². The molecule has 1 fully saturated rings. The molecule has 8 heteroatoms. The topological polar surface area (TPSA) is 83.1 Å². The third-order valence-corrected chi connectivity index (χ3v) is 8.05. The number of halogens is 1. The molecule has 0 bridgehead atoms. The van der Waals surface area contributed by atoms with Crippen molar-refractivity contribution in [1.29, 1.82) is 0 Å². The van der Waals surface area contributed by atoms with Gasteiger partial charge in [-0.3, -0.25) is 9.98 Å². The molecule has 2 aromatic heterocycles. The lowest BCUT2D eigenvalue weighted by atomic mass is 9.70. The summed E-state index contributed by atoms with van der Waals surface area (Å²) in [6.07, 6.45) is 3.50. The first-order valence-corrected chi connectivity index (χ1v) is 12.2. The van der Waals surface area contributed by atoms with E-state index in [9.17, 15) is 5.11 Å². The number of aliphatic imine (C=N–C) groups is 1. The Balaban J connectivity index is 1.75. The van der Waals surface area contributed by atoms with Crippen molar-refractivity contribution in [2.45, 2.75) is 36.6 Å². The van der Waals surface area contributed by atoms with E-state index in [4.69, 9.17) is 14.1 Å². The number of amidine groups is 1. The van der Waals surface area contributed by atoms with E-state index in [0.29, 0.717) is 18.1 Å². The van der Waals surface area contributed by atoms with Gasteiger partial charge in [-0.15, -0.1) is 0 Å². The molecule has 7 nitrogen and oxygen atoms in total. The van der Waals surface area contributed by atoms with Crippen LogP contribution in [0.1, 0.15) is 35.4 Å². The van der Waals surface area contributed by atoms with Crippen LogP contribution in [0.15, 0.2) is 68.8 Å². The summed E-state index contributed by atoms with van der Waals surface area (Å²) < 4.78 is 14.1. The highest BCUT2D eigenvalue weighted by Gasteiger charge is 2.85. The largest absolute Gasteiger partial charge is 0.478 e. The molecule has 4 heterocycles. The summed E-state index contributed by atoms with van der Waals surface area (Å²) in [5, 5.41) is 16.1. The predicted octanol–water partition coefficient (Wildman–Crippen LogP) is 3.91. The quantitative estimate of drug-likeness (QED) is 0.540. The molecular formula is C26H27BrN4O3. The molecule has 0 radical (unpaired) electrons. The van der Waals surface area contributed by atoms with Gasteiger partial charge in [0.1, 0.15) is 11.5 Å². The zero-order chi connectivity index (χ0) is 23.9. The van der Waals surface area contributed by atoms with Crippen LogP contribution in [0.2, 0.25) is 0 Å². The molecule has 0 amide bonds. The Morgan fingerprint density at radius 2 is 1.94 bits per heavy atom. The standard InChI is InChI=1S/C26H27BrN4O3/c1-15-12-22-19(13-28-15)25-24(34-22,17-7-9-18(27)10-8-17)23(21-6-5-11-33-21)20(14-31(3)4)26(25,32)30-16(2)29-25/h5-13,20,23,32H,14H2,1-4H3,(H,29,30)/t20-,23+,24+,25-,26-/m1/s1. The Morgan fingerprint density at radius 1 is 1.18 bits per heavy atom. The molecule has 0 unspecified atom stereocenters. The van der Waals surface area contributed by atoms with Gasteiger partial charge in [0, 0.05) is 40.5 Å². The van der Waals surface area contributed by atoms with Crippen molar-refractivity contribution in [1.82, 2.24) is 15.2 Å². The summed E-state index contributed by atoms with van der Waals surface area (Å²) in [5.41, 5.74) is -1.11. The van der Waals surface area contributed by atoms with Gasteiger partial charge in [0.15, 0.2) is 16.9 Å².